The van der Waals surface area contributed by atoms with Crippen LogP contribution in [0, 0.1) is 18.8 Å². The summed E-state index contributed by atoms with van der Waals surface area (Å²) in [7, 11) is 5.71. The highest BCUT2D eigenvalue weighted by atomic mass is 16.5. The van der Waals surface area contributed by atoms with Crippen LogP contribution in [0.2, 0.25) is 0 Å². The van der Waals surface area contributed by atoms with Crippen molar-refractivity contribution in [3.05, 3.63) is 29.5 Å². The van der Waals surface area contributed by atoms with E-state index >= 15 is 0 Å². The zero-order valence-corrected chi connectivity index (χ0v) is 17.0. The fourth-order valence-electron chi connectivity index (χ4n) is 4.15. The maximum absolute atomic E-state index is 13.4. The Balaban J connectivity index is 1.93. The van der Waals surface area contributed by atoms with Gasteiger partial charge in [-0.25, -0.2) is 0 Å². The molecule has 1 amide bonds. The van der Waals surface area contributed by atoms with E-state index in [0.717, 1.165) is 41.0 Å². The number of methoxy groups -OCH3 is 1. The van der Waals surface area contributed by atoms with Crippen LogP contribution in [0.3, 0.4) is 0 Å². The van der Waals surface area contributed by atoms with Crippen LogP contribution in [0.1, 0.15) is 23.0 Å². The van der Waals surface area contributed by atoms with E-state index in [9.17, 15) is 9.90 Å². The number of rotatable bonds is 6. The molecule has 1 aromatic heterocycles. The van der Waals surface area contributed by atoms with Crippen molar-refractivity contribution in [2.24, 2.45) is 18.9 Å². The highest BCUT2D eigenvalue weighted by molar-refractivity contribution is 6.08. The molecule has 0 unspecified atom stereocenters. The van der Waals surface area contributed by atoms with E-state index in [1.54, 1.807) is 7.11 Å². The summed E-state index contributed by atoms with van der Waals surface area (Å²) in [5, 5.41) is 10.7. The molecule has 0 saturated carbocycles. The lowest BCUT2D eigenvalue weighted by Crippen LogP contribution is -2.32. The van der Waals surface area contributed by atoms with Crippen LogP contribution in [0.5, 0.6) is 5.75 Å². The number of ether oxygens (including phenoxy) is 1. The Morgan fingerprint density at radius 2 is 2.04 bits per heavy atom. The van der Waals surface area contributed by atoms with Crippen LogP contribution >= 0.6 is 0 Å². The molecule has 27 heavy (non-hydrogen) atoms. The first-order valence-electron chi connectivity index (χ1n) is 9.62. The molecule has 2 atom stereocenters. The van der Waals surface area contributed by atoms with E-state index in [4.69, 9.17) is 4.74 Å². The van der Waals surface area contributed by atoms with Crippen LogP contribution in [0.15, 0.2) is 18.2 Å². The molecule has 1 saturated heterocycles. The van der Waals surface area contributed by atoms with Crippen molar-refractivity contribution in [2.45, 2.75) is 13.8 Å². The average Bonchev–Trinajstić information content (AvgIpc) is 3.19. The third-order valence-corrected chi connectivity index (χ3v) is 6.10. The minimum atomic E-state index is 0.0476. The van der Waals surface area contributed by atoms with Crippen LogP contribution in [-0.4, -0.2) is 72.3 Å². The predicted molar refractivity (Wildman–Crippen MR) is 107 cm³/mol. The molecule has 0 spiro atoms. The smallest absolute Gasteiger partial charge is 0.256 e. The van der Waals surface area contributed by atoms with E-state index in [1.807, 2.05) is 37.1 Å². The summed E-state index contributed by atoms with van der Waals surface area (Å²) in [5.41, 5.74) is 2.72. The standard InChI is InChI=1S/C21H31N3O3/c1-6-22(3)10-15-11-24(12-16(15)13-25)21(26)20-14(2)23(4)19-8-7-17(27-5)9-18(19)20/h7-9,15-16,25H,6,10-13H2,1-5H3/t15-,16-/m1/s1. The number of carbonyl (C=O) groups is 1. The summed E-state index contributed by atoms with van der Waals surface area (Å²) in [4.78, 5) is 17.6. The largest absolute Gasteiger partial charge is 0.497 e. The number of fused-ring (bicyclic) bond motifs is 1. The number of aryl methyl sites for hydroxylation is 1. The fourth-order valence-corrected chi connectivity index (χ4v) is 4.15. The number of aromatic nitrogens is 1. The molecule has 1 N–H and O–H groups in total. The Bertz CT molecular complexity index is 830. The van der Waals surface area contributed by atoms with Gasteiger partial charge in [-0.2, -0.15) is 0 Å². The molecule has 3 rings (SSSR count). The third-order valence-electron chi connectivity index (χ3n) is 6.10. The van der Waals surface area contributed by atoms with E-state index in [0.29, 0.717) is 19.0 Å². The number of carbonyl (C=O) groups excluding carboxylic acids is 1. The van der Waals surface area contributed by atoms with E-state index < -0.39 is 0 Å². The molecule has 2 heterocycles. The van der Waals surface area contributed by atoms with E-state index in [2.05, 4.69) is 23.4 Å². The van der Waals surface area contributed by atoms with Gasteiger partial charge in [0.1, 0.15) is 5.75 Å². The van der Waals surface area contributed by atoms with Gasteiger partial charge in [-0.15, -0.1) is 0 Å². The molecule has 6 nitrogen and oxygen atoms in total. The second-order valence-electron chi connectivity index (χ2n) is 7.67. The van der Waals surface area contributed by atoms with Crippen molar-refractivity contribution in [3.63, 3.8) is 0 Å². The lowest BCUT2D eigenvalue weighted by Gasteiger charge is -2.22. The van der Waals surface area contributed by atoms with Crippen molar-refractivity contribution in [1.29, 1.82) is 0 Å². The van der Waals surface area contributed by atoms with Gasteiger partial charge in [-0.3, -0.25) is 4.79 Å². The molecule has 0 radical (unpaired) electrons. The topological polar surface area (TPSA) is 57.9 Å². The van der Waals surface area contributed by atoms with Crippen molar-refractivity contribution in [2.75, 3.05) is 46.9 Å². The SMILES string of the molecule is CCN(C)C[C@@H]1CN(C(=O)c2c(C)n(C)c3ccc(OC)cc23)C[C@@H]1CO. The first-order valence-corrected chi connectivity index (χ1v) is 9.62. The van der Waals surface area contributed by atoms with Gasteiger partial charge >= 0.3 is 0 Å². The summed E-state index contributed by atoms with van der Waals surface area (Å²) in [6.45, 7) is 7.39. The molecule has 1 fully saturated rings. The number of amides is 1. The normalized spacial score (nSPS) is 20.0. The molecular weight excluding hydrogens is 342 g/mol. The molecule has 148 valence electrons. The Labute approximate surface area is 161 Å². The Hall–Kier alpha value is -2.05. The highest BCUT2D eigenvalue weighted by Crippen LogP contribution is 2.32. The van der Waals surface area contributed by atoms with Gasteiger partial charge in [-0.1, -0.05) is 6.92 Å². The van der Waals surface area contributed by atoms with Gasteiger partial charge in [0.05, 0.1) is 12.7 Å². The molecule has 0 aliphatic carbocycles. The summed E-state index contributed by atoms with van der Waals surface area (Å²) in [6.07, 6.45) is 0. The van der Waals surface area contributed by atoms with E-state index in [-0.39, 0.29) is 18.4 Å². The molecule has 6 heteroatoms. The Morgan fingerprint density at radius 1 is 1.33 bits per heavy atom. The molecule has 2 aromatic rings. The second kappa shape index (κ2) is 7.90. The van der Waals surface area contributed by atoms with E-state index in [1.165, 1.54) is 0 Å². The molecular formula is C21H31N3O3. The monoisotopic (exact) mass is 373 g/mol. The first kappa shape index (κ1) is 19.7. The lowest BCUT2D eigenvalue weighted by molar-refractivity contribution is 0.0780. The van der Waals surface area contributed by atoms with Gasteiger partial charge in [0, 0.05) is 55.8 Å². The van der Waals surface area contributed by atoms with Crippen molar-refractivity contribution in [1.82, 2.24) is 14.4 Å². The highest BCUT2D eigenvalue weighted by Gasteiger charge is 2.36. The predicted octanol–water partition coefficient (Wildman–Crippen LogP) is 2.13. The Morgan fingerprint density at radius 3 is 2.67 bits per heavy atom. The zero-order valence-electron chi connectivity index (χ0n) is 17.0. The van der Waals surface area contributed by atoms with Gasteiger partial charge in [0.25, 0.3) is 5.91 Å². The van der Waals surface area contributed by atoms with Gasteiger partial charge in [0.15, 0.2) is 0 Å². The quantitative estimate of drug-likeness (QED) is 0.843. The fraction of sp³-hybridized carbons (Fsp3) is 0.571. The van der Waals surface area contributed by atoms with Crippen molar-refractivity contribution in [3.8, 4) is 5.75 Å². The zero-order chi connectivity index (χ0) is 19.7. The molecule has 0 bridgehead atoms. The molecule has 1 aromatic carbocycles. The maximum Gasteiger partial charge on any atom is 0.256 e. The minimum Gasteiger partial charge on any atom is -0.497 e. The van der Waals surface area contributed by atoms with Gasteiger partial charge < -0.3 is 24.2 Å². The average molecular weight is 373 g/mol. The number of aliphatic hydroxyl groups is 1. The van der Waals surface area contributed by atoms with Gasteiger partial charge in [0.2, 0.25) is 0 Å². The third kappa shape index (κ3) is 3.56. The number of hydrogen-bond donors (Lipinski definition) is 1. The summed E-state index contributed by atoms with van der Waals surface area (Å²) in [5.74, 6) is 1.23. The Kier molecular flexibility index (Phi) is 5.77. The lowest BCUT2D eigenvalue weighted by atomic mass is 9.96. The first-order chi connectivity index (χ1) is 12.9. The maximum atomic E-state index is 13.4. The van der Waals surface area contributed by atoms with Crippen molar-refractivity contribution >= 4 is 16.8 Å². The number of benzene rings is 1. The molecule has 1 aliphatic rings. The van der Waals surface area contributed by atoms with Crippen LogP contribution in [-0.2, 0) is 7.05 Å². The number of hydrogen-bond acceptors (Lipinski definition) is 4. The van der Waals surface area contributed by atoms with Crippen LogP contribution < -0.4 is 4.74 Å². The minimum absolute atomic E-state index is 0.0476. The molecule has 1 aliphatic heterocycles. The number of nitrogens with zero attached hydrogens (tertiary/aromatic N) is 3. The number of aliphatic hydroxyl groups excluding tert-OH is 1. The van der Waals surface area contributed by atoms with Crippen LogP contribution in [0.25, 0.3) is 10.9 Å². The summed E-state index contributed by atoms with van der Waals surface area (Å²) < 4.78 is 7.43. The van der Waals surface area contributed by atoms with Gasteiger partial charge in [-0.05, 0) is 44.6 Å². The second-order valence-corrected chi connectivity index (χ2v) is 7.67. The van der Waals surface area contributed by atoms with Crippen LogP contribution in [0.4, 0.5) is 0 Å². The summed E-state index contributed by atoms with van der Waals surface area (Å²) >= 11 is 0. The summed E-state index contributed by atoms with van der Waals surface area (Å²) in [6, 6.07) is 5.86. The number of likely N-dealkylation sites (tertiary alicyclic amines) is 1. The van der Waals surface area contributed by atoms with Crippen molar-refractivity contribution < 1.29 is 14.6 Å².